The molecule has 0 bridgehead atoms. The summed E-state index contributed by atoms with van der Waals surface area (Å²) in [5.41, 5.74) is 14.7. The molecule has 0 amide bonds. The standard InChI is InChI=1S/C19H22N/c1-9-8-16-17(13(5)10(9)2)18-14(6)11(3)12(4)15(7)19(18)20-16/h8H,1-7H3. The van der Waals surface area contributed by atoms with Gasteiger partial charge in [0.15, 0.2) is 0 Å². The lowest BCUT2D eigenvalue weighted by Crippen LogP contribution is -1.96. The highest BCUT2D eigenvalue weighted by molar-refractivity contribution is 5.97. The predicted octanol–water partition coefficient (Wildman–Crippen LogP) is 5.39. The van der Waals surface area contributed by atoms with Gasteiger partial charge in [0, 0.05) is 11.1 Å². The fourth-order valence-electron chi connectivity index (χ4n) is 3.32. The number of hydrogen-bond acceptors (Lipinski definition) is 0. The first-order chi connectivity index (χ1) is 9.34. The molecule has 1 heteroatoms. The number of aryl methyl sites for hydroxylation is 1. The maximum Gasteiger partial charge on any atom is 0.0751 e. The van der Waals surface area contributed by atoms with Gasteiger partial charge in [0.25, 0.3) is 0 Å². The summed E-state index contributed by atoms with van der Waals surface area (Å²) in [6.45, 7) is 15.5. The molecule has 1 aliphatic rings. The Morgan fingerprint density at radius 2 is 1.15 bits per heavy atom. The molecule has 2 aromatic carbocycles. The zero-order valence-corrected chi connectivity index (χ0v) is 13.5. The highest BCUT2D eigenvalue weighted by atomic mass is 14.9. The molecule has 0 fully saturated rings. The SMILES string of the molecule is Cc1cc2c(c(C)c1C)-c1c(C)c(C)c(C)c(C)c1[N]2. The lowest BCUT2D eigenvalue weighted by molar-refractivity contribution is 1.15. The van der Waals surface area contributed by atoms with E-state index in [9.17, 15) is 0 Å². The van der Waals surface area contributed by atoms with Gasteiger partial charge in [-0.2, -0.15) is 0 Å². The van der Waals surface area contributed by atoms with E-state index in [4.69, 9.17) is 5.32 Å². The van der Waals surface area contributed by atoms with Gasteiger partial charge in [0.1, 0.15) is 0 Å². The van der Waals surface area contributed by atoms with Gasteiger partial charge in [0.2, 0.25) is 0 Å². The smallest absolute Gasteiger partial charge is 0.0751 e. The van der Waals surface area contributed by atoms with Gasteiger partial charge in [0.05, 0.1) is 11.4 Å². The normalized spacial score (nSPS) is 12.2. The summed E-state index contributed by atoms with van der Waals surface area (Å²) in [7, 11) is 0. The van der Waals surface area contributed by atoms with Crippen LogP contribution in [0.15, 0.2) is 6.07 Å². The zero-order chi connectivity index (χ0) is 14.8. The summed E-state index contributed by atoms with van der Waals surface area (Å²) >= 11 is 0. The molecule has 0 saturated heterocycles. The van der Waals surface area contributed by atoms with Crippen molar-refractivity contribution in [2.24, 2.45) is 0 Å². The van der Waals surface area contributed by atoms with E-state index in [2.05, 4.69) is 54.5 Å². The number of hydrogen-bond donors (Lipinski definition) is 0. The summed E-state index contributed by atoms with van der Waals surface area (Å²) in [6, 6.07) is 2.24. The second-order valence-electron chi connectivity index (χ2n) is 6.17. The van der Waals surface area contributed by atoms with Crippen LogP contribution in [0.3, 0.4) is 0 Å². The first-order valence-corrected chi connectivity index (χ1v) is 7.27. The van der Waals surface area contributed by atoms with Crippen LogP contribution in [0.4, 0.5) is 11.4 Å². The van der Waals surface area contributed by atoms with Crippen molar-refractivity contribution in [2.45, 2.75) is 48.5 Å². The van der Waals surface area contributed by atoms with Gasteiger partial charge in [-0.1, -0.05) is 0 Å². The van der Waals surface area contributed by atoms with Crippen LogP contribution in [0.1, 0.15) is 38.9 Å². The molecule has 1 radical (unpaired) electrons. The summed E-state index contributed by atoms with van der Waals surface area (Å²) in [4.78, 5) is 0. The molecule has 0 unspecified atom stereocenters. The van der Waals surface area contributed by atoms with Gasteiger partial charge in [-0.25, -0.2) is 5.32 Å². The van der Waals surface area contributed by atoms with Crippen molar-refractivity contribution in [2.75, 3.05) is 0 Å². The number of fused-ring (bicyclic) bond motifs is 3. The average molecular weight is 264 g/mol. The van der Waals surface area contributed by atoms with E-state index in [1.165, 1.54) is 55.8 Å². The van der Waals surface area contributed by atoms with Crippen molar-refractivity contribution in [1.29, 1.82) is 0 Å². The van der Waals surface area contributed by atoms with E-state index in [-0.39, 0.29) is 0 Å². The lowest BCUT2D eigenvalue weighted by Gasteiger charge is -2.16. The Morgan fingerprint density at radius 3 is 1.80 bits per heavy atom. The molecule has 3 rings (SSSR count). The number of nitrogens with zero attached hydrogens (tertiary/aromatic N) is 1. The van der Waals surface area contributed by atoms with Gasteiger partial charge in [-0.05, 0) is 93.5 Å². The molecular weight excluding hydrogens is 242 g/mol. The third-order valence-corrected chi connectivity index (χ3v) is 5.28. The van der Waals surface area contributed by atoms with Gasteiger partial charge in [-0.15, -0.1) is 0 Å². The summed E-state index contributed by atoms with van der Waals surface area (Å²) in [5, 5.41) is 4.94. The minimum absolute atomic E-state index is 1.15. The lowest BCUT2D eigenvalue weighted by atomic mass is 9.87. The summed E-state index contributed by atoms with van der Waals surface area (Å²) in [6.07, 6.45) is 0. The van der Waals surface area contributed by atoms with Crippen LogP contribution in [-0.4, -0.2) is 0 Å². The van der Waals surface area contributed by atoms with Crippen molar-refractivity contribution in [3.05, 3.63) is 45.0 Å². The van der Waals surface area contributed by atoms with Gasteiger partial charge in [-0.3, -0.25) is 0 Å². The molecular formula is C19H22N. The van der Waals surface area contributed by atoms with E-state index >= 15 is 0 Å². The monoisotopic (exact) mass is 264 g/mol. The molecule has 20 heavy (non-hydrogen) atoms. The maximum absolute atomic E-state index is 4.94. The molecule has 1 heterocycles. The molecule has 1 nitrogen and oxygen atoms in total. The second-order valence-corrected chi connectivity index (χ2v) is 6.17. The van der Waals surface area contributed by atoms with E-state index in [1.54, 1.807) is 0 Å². The van der Waals surface area contributed by atoms with Crippen LogP contribution in [-0.2, 0) is 0 Å². The molecule has 0 aromatic heterocycles. The Kier molecular flexibility index (Phi) is 2.72. The van der Waals surface area contributed by atoms with Crippen LogP contribution in [0, 0.1) is 48.5 Å². The third kappa shape index (κ3) is 1.49. The van der Waals surface area contributed by atoms with Crippen LogP contribution >= 0.6 is 0 Å². The van der Waals surface area contributed by atoms with E-state index < -0.39 is 0 Å². The Morgan fingerprint density at radius 1 is 0.600 bits per heavy atom. The Balaban J connectivity index is 2.45. The fraction of sp³-hybridized carbons (Fsp3) is 0.368. The zero-order valence-electron chi connectivity index (χ0n) is 13.5. The van der Waals surface area contributed by atoms with Crippen molar-refractivity contribution in [3.63, 3.8) is 0 Å². The maximum atomic E-state index is 4.94. The number of benzene rings is 2. The molecule has 0 spiro atoms. The minimum Gasteiger partial charge on any atom is -0.247 e. The number of rotatable bonds is 0. The summed E-state index contributed by atoms with van der Waals surface area (Å²) in [5.74, 6) is 0. The highest BCUT2D eigenvalue weighted by Gasteiger charge is 2.28. The third-order valence-electron chi connectivity index (χ3n) is 5.28. The van der Waals surface area contributed by atoms with Crippen molar-refractivity contribution < 1.29 is 0 Å². The van der Waals surface area contributed by atoms with Crippen LogP contribution in [0.25, 0.3) is 11.1 Å². The molecule has 0 N–H and O–H groups in total. The quantitative estimate of drug-likeness (QED) is 0.516. The van der Waals surface area contributed by atoms with Crippen LogP contribution < -0.4 is 5.32 Å². The molecule has 0 aliphatic carbocycles. The largest absolute Gasteiger partial charge is 0.247 e. The van der Waals surface area contributed by atoms with Crippen molar-refractivity contribution >= 4 is 11.4 Å². The van der Waals surface area contributed by atoms with Crippen molar-refractivity contribution in [1.82, 2.24) is 5.32 Å². The minimum atomic E-state index is 1.15. The second kappa shape index (κ2) is 4.12. The van der Waals surface area contributed by atoms with E-state index in [0.29, 0.717) is 0 Å². The first-order valence-electron chi connectivity index (χ1n) is 7.27. The Bertz CT molecular complexity index is 752. The molecule has 2 aromatic rings. The fourth-order valence-corrected chi connectivity index (χ4v) is 3.32. The van der Waals surface area contributed by atoms with Gasteiger partial charge >= 0.3 is 0 Å². The molecule has 0 atom stereocenters. The molecule has 1 aliphatic heterocycles. The van der Waals surface area contributed by atoms with Crippen LogP contribution in [0.5, 0.6) is 0 Å². The Labute approximate surface area is 122 Å². The summed E-state index contributed by atoms with van der Waals surface area (Å²) < 4.78 is 0. The van der Waals surface area contributed by atoms with Gasteiger partial charge < -0.3 is 0 Å². The van der Waals surface area contributed by atoms with E-state index in [1.807, 2.05) is 0 Å². The molecule has 103 valence electrons. The predicted molar refractivity (Wildman–Crippen MR) is 86.5 cm³/mol. The molecule has 0 saturated carbocycles. The Hall–Kier alpha value is -1.76. The van der Waals surface area contributed by atoms with Crippen molar-refractivity contribution in [3.8, 4) is 11.1 Å². The highest BCUT2D eigenvalue weighted by Crippen LogP contribution is 2.50. The topological polar surface area (TPSA) is 14.1 Å². The van der Waals surface area contributed by atoms with Crippen LogP contribution in [0.2, 0.25) is 0 Å². The first kappa shape index (κ1) is 13.2. The van der Waals surface area contributed by atoms with E-state index in [0.717, 1.165) is 5.69 Å². The average Bonchev–Trinajstić information content (AvgIpc) is 2.79.